The summed E-state index contributed by atoms with van der Waals surface area (Å²) in [5.74, 6) is -0.251. The Bertz CT molecular complexity index is 673. The van der Waals surface area contributed by atoms with Crippen LogP contribution in [-0.2, 0) is 6.42 Å². The zero-order chi connectivity index (χ0) is 15.8. The zero-order valence-electron chi connectivity index (χ0n) is 11.9. The van der Waals surface area contributed by atoms with Crippen molar-refractivity contribution in [1.82, 2.24) is 10.6 Å². The van der Waals surface area contributed by atoms with E-state index in [2.05, 4.69) is 26.6 Å². The van der Waals surface area contributed by atoms with Gasteiger partial charge in [0.1, 0.15) is 5.82 Å². The molecule has 2 amide bonds. The zero-order valence-corrected chi connectivity index (χ0v) is 13.4. The van der Waals surface area contributed by atoms with E-state index in [0.717, 1.165) is 10.0 Å². The van der Waals surface area contributed by atoms with Crippen molar-refractivity contribution in [2.24, 2.45) is 0 Å². The first-order valence-corrected chi connectivity index (χ1v) is 7.65. The molecule has 2 aromatic rings. The summed E-state index contributed by atoms with van der Waals surface area (Å²) in [5.41, 5.74) is 1.56. The highest BCUT2D eigenvalue weighted by Crippen LogP contribution is 2.16. The molecule has 2 rings (SSSR count). The van der Waals surface area contributed by atoms with Gasteiger partial charge in [-0.05, 0) is 35.8 Å². The van der Waals surface area contributed by atoms with Crippen molar-refractivity contribution in [3.05, 3.63) is 76.1 Å². The van der Waals surface area contributed by atoms with Gasteiger partial charge >= 0.3 is 6.03 Å². The highest BCUT2D eigenvalue weighted by molar-refractivity contribution is 9.10. The molecule has 0 aliphatic rings. The van der Waals surface area contributed by atoms with Crippen LogP contribution in [-0.4, -0.2) is 12.6 Å². The summed E-state index contributed by atoms with van der Waals surface area (Å²) >= 11 is 3.42. The molecular formula is C17H16BrFN2O. The molecule has 22 heavy (non-hydrogen) atoms. The molecule has 5 heteroatoms. The lowest BCUT2D eigenvalue weighted by atomic mass is 10.1. The van der Waals surface area contributed by atoms with Crippen molar-refractivity contribution in [2.75, 3.05) is 6.54 Å². The summed E-state index contributed by atoms with van der Waals surface area (Å²) < 4.78 is 14.4. The van der Waals surface area contributed by atoms with Crippen LogP contribution in [0.15, 0.2) is 59.2 Å². The molecule has 0 saturated carbocycles. The third kappa shape index (κ3) is 5.00. The number of carbonyl (C=O) groups is 1. The lowest BCUT2D eigenvalue weighted by molar-refractivity contribution is 0.244. The van der Waals surface area contributed by atoms with Crippen molar-refractivity contribution in [3.63, 3.8) is 0 Å². The van der Waals surface area contributed by atoms with E-state index in [1.165, 1.54) is 6.07 Å². The van der Waals surface area contributed by atoms with E-state index in [4.69, 9.17) is 0 Å². The van der Waals surface area contributed by atoms with Gasteiger partial charge in [0.2, 0.25) is 0 Å². The fraction of sp³-hybridized carbons (Fsp3) is 0.118. The van der Waals surface area contributed by atoms with E-state index in [1.807, 2.05) is 24.3 Å². The molecule has 0 aromatic heterocycles. The summed E-state index contributed by atoms with van der Waals surface area (Å²) in [6, 6.07) is 13.9. The second-order valence-corrected chi connectivity index (χ2v) is 5.45. The monoisotopic (exact) mass is 362 g/mol. The van der Waals surface area contributed by atoms with Crippen LogP contribution in [0.3, 0.4) is 0 Å². The van der Waals surface area contributed by atoms with E-state index in [-0.39, 0.29) is 11.8 Å². The van der Waals surface area contributed by atoms with Crippen LogP contribution in [0.4, 0.5) is 9.18 Å². The number of amides is 2. The van der Waals surface area contributed by atoms with Crippen molar-refractivity contribution >= 4 is 28.0 Å². The molecule has 3 nitrogen and oxygen atoms in total. The predicted octanol–water partition coefficient (Wildman–Crippen LogP) is 4.10. The second kappa shape index (κ2) is 8.34. The van der Waals surface area contributed by atoms with E-state index in [9.17, 15) is 9.18 Å². The van der Waals surface area contributed by atoms with Crippen LogP contribution in [0, 0.1) is 5.82 Å². The van der Waals surface area contributed by atoms with Gasteiger partial charge in [0.15, 0.2) is 0 Å². The summed E-state index contributed by atoms with van der Waals surface area (Å²) in [4.78, 5) is 11.6. The number of urea groups is 1. The van der Waals surface area contributed by atoms with Gasteiger partial charge in [0.25, 0.3) is 0 Å². The van der Waals surface area contributed by atoms with Crippen LogP contribution in [0.25, 0.3) is 6.08 Å². The number of carbonyl (C=O) groups excluding carboxylic acids is 1. The molecule has 114 valence electrons. The van der Waals surface area contributed by atoms with Gasteiger partial charge in [0.05, 0.1) is 0 Å². The summed E-state index contributed by atoms with van der Waals surface area (Å²) in [6.45, 7) is 0.371. The summed E-state index contributed by atoms with van der Waals surface area (Å²) in [7, 11) is 0. The van der Waals surface area contributed by atoms with Gasteiger partial charge in [0, 0.05) is 17.2 Å². The first kappa shape index (κ1) is 16.2. The molecule has 0 fully saturated rings. The Balaban J connectivity index is 1.75. The minimum absolute atomic E-state index is 0.251. The van der Waals surface area contributed by atoms with Crippen molar-refractivity contribution in [1.29, 1.82) is 0 Å². The van der Waals surface area contributed by atoms with Gasteiger partial charge in [-0.3, -0.25) is 0 Å². The summed E-state index contributed by atoms with van der Waals surface area (Å²) in [6.07, 6.45) is 3.81. The fourth-order valence-electron chi connectivity index (χ4n) is 1.88. The maximum Gasteiger partial charge on any atom is 0.318 e. The maximum absolute atomic E-state index is 13.4. The molecule has 0 atom stereocenters. The quantitative estimate of drug-likeness (QED) is 0.825. The number of halogens is 2. The van der Waals surface area contributed by atoms with Gasteiger partial charge in [-0.1, -0.05) is 52.3 Å². The van der Waals surface area contributed by atoms with Crippen LogP contribution in [0.5, 0.6) is 0 Å². The Hall–Kier alpha value is -2.14. The Morgan fingerprint density at radius 3 is 2.64 bits per heavy atom. The molecule has 2 aromatic carbocycles. The minimum atomic E-state index is -0.320. The Morgan fingerprint density at radius 1 is 1.14 bits per heavy atom. The van der Waals surface area contributed by atoms with Crippen molar-refractivity contribution in [3.8, 4) is 0 Å². The molecule has 0 heterocycles. The third-order valence-corrected chi connectivity index (χ3v) is 3.74. The van der Waals surface area contributed by atoms with Crippen LogP contribution in [0.2, 0.25) is 0 Å². The molecule has 0 bridgehead atoms. The van der Waals surface area contributed by atoms with Crippen LogP contribution >= 0.6 is 15.9 Å². The first-order valence-electron chi connectivity index (χ1n) is 6.85. The molecule has 0 aliphatic heterocycles. The highest BCUT2D eigenvalue weighted by Gasteiger charge is 2.01. The maximum atomic E-state index is 13.4. The molecule has 0 aliphatic carbocycles. The van der Waals surface area contributed by atoms with Gasteiger partial charge < -0.3 is 10.6 Å². The Labute approximate surface area is 137 Å². The Kier molecular flexibility index (Phi) is 6.15. The number of hydrogen-bond donors (Lipinski definition) is 2. The lowest BCUT2D eigenvalue weighted by Gasteiger charge is -2.05. The molecule has 0 spiro atoms. The number of hydrogen-bond acceptors (Lipinski definition) is 1. The van der Waals surface area contributed by atoms with Crippen molar-refractivity contribution in [2.45, 2.75) is 6.42 Å². The minimum Gasteiger partial charge on any atom is -0.338 e. The average Bonchev–Trinajstić information content (AvgIpc) is 2.51. The third-order valence-electron chi connectivity index (χ3n) is 3.02. The molecule has 0 unspecified atom stereocenters. The standard InChI is InChI=1S/C17H16BrFN2O/c18-15-7-3-1-5-13(15)9-11-20-17(22)21-12-10-14-6-2-4-8-16(14)19/h1-9,11H,10,12H2,(H2,20,21,22)/b11-9+. The molecular weight excluding hydrogens is 347 g/mol. The second-order valence-electron chi connectivity index (χ2n) is 4.60. The van der Waals surface area contributed by atoms with Gasteiger partial charge in [-0.2, -0.15) is 0 Å². The van der Waals surface area contributed by atoms with Gasteiger partial charge in [-0.15, -0.1) is 0 Å². The van der Waals surface area contributed by atoms with Crippen LogP contribution in [0.1, 0.15) is 11.1 Å². The highest BCUT2D eigenvalue weighted by atomic mass is 79.9. The van der Waals surface area contributed by atoms with Crippen LogP contribution < -0.4 is 10.6 Å². The summed E-state index contributed by atoms with van der Waals surface area (Å²) in [5, 5.41) is 5.29. The normalized spacial score (nSPS) is 10.6. The van der Waals surface area contributed by atoms with Crippen molar-refractivity contribution < 1.29 is 9.18 Å². The van der Waals surface area contributed by atoms with E-state index in [1.54, 1.807) is 30.5 Å². The predicted molar refractivity (Wildman–Crippen MR) is 89.8 cm³/mol. The Morgan fingerprint density at radius 2 is 1.86 bits per heavy atom. The smallest absolute Gasteiger partial charge is 0.318 e. The number of rotatable bonds is 5. The number of benzene rings is 2. The molecule has 2 N–H and O–H groups in total. The topological polar surface area (TPSA) is 41.1 Å². The van der Waals surface area contributed by atoms with E-state index < -0.39 is 0 Å². The molecule has 0 saturated heterocycles. The SMILES string of the molecule is O=C(N/C=C/c1ccccc1Br)NCCc1ccccc1F. The van der Waals surface area contributed by atoms with E-state index >= 15 is 0 Å². The molecule has 0 radical (unpaired) electrons. The number of nitrogens with one attached hydrogen (secondary N) is 2. The lowest BCUT2D eigenvalue weighted by Crippen LogP contribution is -2.33. The fourth-order valence-corrected chi connectivity index (χ4v) is 2.30. The first-order chi connectivity index (χ1) is 10.7. The average molecular weight is 363 g/mol. The van der Waals surface area contributed by atoms with E-state index in [0.29, 0.717) is 18.5 Å². The largest absolute Gasteiger partial charge is 0.338 e. The van der Waals surface area contributed by atoms with Gasteiger partial charge in [-0.25, -0.2) is 9.18 Å².